The van der Waals surface area contributed by atoms with Crippen molar-refractivity contribution in [2.75, 3.05) is 6.26 Å². The van der Waals surface area contributed by atoms with Crippen LogP contribution in [0, 0.1) is 5.82 Å². The Morgan fingerprint density at radius 3 is 2.45 bits per heavy atom. The molecule has 0 aliphatic heterocycles. The Labute approximate surface area is 117 Å². The van der Waals surface area contributed by atoms with Gasteiger partial charge in [0.25, 0.3) is 0 Å². The molecule has 1 aromatic carbocycles. The van der Waals surface area contributed by atoms with Crippen LogP contribution in [0.3, 0.4) is 0 Å². The molecular weight excluding hydrogens is 291 g/mol. The number of rotatable bonds is 5. The second kappa shape index (κ2) is 5.45. The maximum absolute atomic E-state index is 14.1. The predicted molar refractivity (Wildman–Crippen MR) is 68.8 cm³/mol. The van der Waals surface area contributed by atoms with E-state index in [1.807, 2.05) is 0 Å². The monoisotopic (exact) mass is 303 g/mol. The zero-order valence-electron chi connectivity index (χ0n) is 10.5. The van der Waals surface area contributed by atoms with Gasteiger partial charge in [-0.2, -0.15) is 13.9 Å². The van der Waals surface area contributed by atoms with Gasteiger partial charge in [-0.25, -0.2) is 14.1 Å². The summed E-state index contributed by atoms with van der Waals surface area (Å²) in [6, 6.07) is 4.32. The van der Waals surface area contributed by atoms with Crippen LogP contribution in [0.2, 0.25) is 0 Å². The van der Waals surface area contributed by atoms with Crippen LogP contribution in [0.15, 0.2) is 36.9 Å². The summed E-state index contributed by atoms with van der Waals surface area (Å²) in [6.07, 6.45) is 3.60. The summed E-state index contributed by atoms with van der Waals surface area (Å²) in [5.74, 6) is -0.565. The highest BCUT2D eigenvalue weighted by atomic mass is 32.2. The molecule has 8 heteroatoms. The number of thioether (sulfide) groups is 1. The van der Waals surface area contributed by atoms with Crippen LogP contribution in [0.4, 0.5) is 13.2 Å². The predicted octanol–water partition coefficient (Wildman–Crippen LogP) is 2.26. The second-order valence-electron chi connectivity index (χ2n) is 4.18. The summed E-state index contributed by atoms with van der Waals surface area (Å²) in [4.78, 5) is 3.65. The van der Waals surface area contributed by atoms with Crippen molar-refractivity contribution in [1.82, 2.24) is 14.8 Å². The fourth-order valence-corrected chi connectivity index (χ4v) is 2.31. The lowest BCUT2D eigenvalue weighted by molar-refractivity contribution is -0.137. The van der Waals surface area contributed by atoms with Crippen LogP contribution in [0.1, 0.15) is 5.56 Å². The first-order valence-electron chi connectivity index (χ1n) is 5.63. The Morgan fingerprint density at radius 2 is 1.95 bits per heavy atom. The van der Waals surface area contributed by atoms with E-state index < -0.39 is 23.2 Å². The standard InChI is InChI=1S/C12H12F3N3OS/c1-20-12(14,15)11(19,6-18-8-16-7-17-18)9-2-4-10(13)5-3-9/h2-5,7-8,19H,6H2,1H3. The summed E-state index contributed by atoms with van der Waals surface area (Å²) in [5, 5.41) is 10.7. The van der Waals surface area contributed by atoms with Crippen LogP contribution in [-0.2, 0) is 12.1 Å². The van der Waals surface area contributed by atoms with Crippen LogP contribution < -0.4 is 0 Å². The highest BCUT2D eigenvalue weighted by molar-refractivity contribution is 7.99. The van der Waals surface area contributed by atoms with Gasteiger partial charge in [-0.15, -0.1) is 0 Å². The van der Waals surface area contributed by atoms with Gasteiger partial charge in [0.1, 0.15) is 18.5 Å². The number of aromatic nitrogens is 3. The topological polar surface area (TPSA) is 50.9 Å². The average Bonchev–Trinajstić information content (AvgIpc) is 2.91. The largest absolute Gasteiger partial charge is 0.376 e. The Hall–Kier alpha value is -1.54. The molecule has 1 N–H and O–H groups in total. The molecule has 0 saturated carbocycles. The SMILES string of the molecule is CSC(F)(F)C(O)(Cn1cncn1)c1ccc(F)cc1. The number of halogens is 3. The van der Waals surface area contributed by atoms with Crippen molar-refractivity contribution >= 4 is 11.8 Å². The second-order valence-corrected chi connectivity index (χ2v) is 5.10. The summed E-state index contributed by atoms with van der Waals surface area (Å²) in [6.45, 7) is -0.494. The van der Waals surface area contributed by atoms with Crippen molar-refractivity contribution < 1.29 is 18.3 Å². The van der Waals surface area contributed by atoms with E-state index in [0.717, 1.165) is 28.9 Å². The molecular formula is C12H12F3N3OS. The van der Waals surface area contributed by atoms with E-state index in [2.05, 4.69) is 10.1 Å². The number of aliphatic hydroxyl groups is 1. The Balaban J connectivity index is 2.45. The number of benzene rings is 1. The summed E-state index contributed by atoms with van der Waals surface area (Å²) in [7, 11) is 0. The molecule has 0 amide bonds. The third kappa shape index (κ3) is 2.66. The first kappa shape index (κ1) is 14.9. The van der Waals surface area contributed by atoms with Crippen molar-refractivity contribution in [2.45, 2.75) is 17.4 Å². The summed E-state index contributed by atoms with van der Waals surface area (Å²) in [5.41, 5.74) is -2.61. The lowest BCUT2D eigenvalue weighted by atomic mass is 9.93. The molecule has 0 aliphatic rings. The van der Waals surface area contributed by atoms with Gasteiger partial charge >= 0.3 is 5.25 Å². The molecule has 2 aromatic rings. The van der Waals surface area contributed by atoms with Gasteiger partial charge in [-0.05, 0) is 24.0 Å². The third-order valence-corrected chi connectivity index (χ3v) is 3.77. The van der Waals surface area contributed by atoms with Gasteiger partial charge in [0.05, 0.1) is 6.54 Å². The number of nitrogens with zero attached hydrogens (tertiary/aromatic N) is 3. The minimum atomic E-state index is -3.48. The molecule has 1 aromatic heterocycles. The first-order valence-corrected chi connectivity index (χ1v) is 6.85. The van der Waals surface area contributed by atoms with Crippen molar-refractivity contribution in [3.8, 4) is 0 Å². The molecule has 1 unspecified atom stereocenters. The summed E-state index contributed by atoms with van der Waals surface area (Å²) < 4.78 is 42.3. The zero-order chi connectivity index (χ0) is 14.8. The van der Waals surface area contributed by atoms with Crippen molar-refractivity contribution in [2.24, 2.45) is 0 Å². The third-order valence-electron chi connectivity index (χ3n) is 2.92. The van der Waals surface area contributed by atoms with Crippen molar-refractivity contribution in [3.63, 3.8) is 0 Å². The quantitative estimate of drug-likeness (QED) is 0.920. The van der Waals surface area contributed by atoms with E-state index in [1.165, 1.54) is 18.9 Å². The highest BCUT2D eigenvalue weighted by Gasteiger charge is 2.54. The molecule has 1 atom stereocenters. The van der Waals surface area contributed by atoms with Crippen LogP contribution in [-0.4, -0.2) is 31.4 Å². The molecule has 108 valence electrons. The maximum atomic E-state index is 14.1. The number of alkyl halides is 2. The Kier molecular flexibility index (Phi) is 4.05. The van der Waals surface area contributed by atoms with E-state index in [1.54, 1.807) is 0 Å². The van der Waals surface area contributed by atoms with Crippen LogP contribution in [0.25, 0.3) is 0 Å². The minimum Gasteiger partial charge on any atom is -0.376 e. The fraction of sp³-hybridized carbons (Fsp3) is 0.333. The van der Waals surface area contributed by atoms with Gasteiger partial charge in [0.2, 0.25) is 0 Å². The van der Waals surface area contributed by atoms with Crippen LogP contribution in [0.5, 0.6) is 0 Å². The molecule has 2 rings (SSSR count). The zero-order valence-corrected chi connectivity index (χ0v) is 11.3. The normalized spacial score (nSPS) is 15.1. The maximum Gasteiger partial charge on any atom is 0.327 e. The van der Waals surface area contributed by atoms with E-state index in [-0.39, 0.29) is 17.3 Å². The Bertz CT molecular complexity index is 562. The lowest BCUT2D eigenvalue weighted by Gasteiger charge is -2.34. The molecule has 0 spiro atoms. The number of hydrogen-bond donors (Lipinski definition) is 1. The molecule has 20 heavy (non-hydrogen) atoms. The van der Waals surface area contributed by atoms with Crippen molar-refractivity contribution in [3.05, 3.63) is 48.3 Å². The average molecular weight is 303 g/mol. The molecule has 0 bridgehead atoms. The van der Waals surface area contributed by atoms with Crippen LogP contribution >= 0.6 is 11.8 Å². The van der Waals surface area contributed by atoms with Gasteiger partial charge in [-0.1, -0.05) is 23.9 Å². The highest BCUT2D eigenvalue weighted by Crippen LogP contribution is 2.45. The van der Waals surface area contributed by atoms with Gasteiger partial charge in [-0.3, -0.25) is 0 Å². The number of hydrogen-bond acceptors (Lipinski definition) is 4. The van der Waals surface area contributed by atoms with Gasteiger partial charge in [0, 0.05) is 0 Å². The van der Waals surface area contributed by atoms with E-state index >= 15 is 0 Å². The van der Waals surface area contributed by atoms with Gasteiger partial charge in [0.15, 0.2) is 5.60 Å². The molecule has 4 nitrogen and oxygen atoms in total. The smallest absolute Gasteiger partial charge is 0.327 e. The van der Waals surface area contributed by atoms with Crippen molar-refractivity contribution in [1.29, 1.82) is 0 Å². The molecule has 0 aliphatic carbocycles. The summed E-state index contributed by atoms with van der Waals surface area (Å²) >= 11 is 0.216. The molecule has 0 fully saturated rings. The van der Waals surface area contributed by atoms with E-state index in [0.29, 0.717) is 0 Å². The van der Waals surface area contributed by atoms with E-state index in [4.69, 9.17) is 0 Å². The molecule has 0 saturated heterocycles. The fourth-order valence-electron chi connectivity index (χ4n) is 1.79. The minimum absolute atomic E-state index is 0.0891. The molecule has 0 radical (unpaired) electrons. The lowest BCUT2D eigenvalue weighted by Crippen LogP contribution is -2.46. The Morgan fingerprint density at radius 1 is 1.30 bits per heavy atom. The van der Waals surface area contributed by atoms with Gasteiger partial charge < -0.3 is 5.11 Å². The molecule has 1 heterocycles. The van der Waals surface area contributed by atoms with E-state index in [9.17, 15) is 18.3 Å². The first-order chi connectivity index (χ1) is 9.39.